The Balaban J connectivity index is 4.81. The molecule has 0 aliphatic carbocycles. The Morgan fingerprint density at radius 2 is 0.903 bits per heavy atom. The van der Waals surface area contributed by atoms with Gasteiger partial charge in [-0.05, 0) is 46.6 Å². The lowest BCUT2D eigenvalue weighted by Crippen LogP contribution is -2.52. The summed E-state index contributed by atoms with van der Waals surface area (Å²) < 4.78 is 12.8. The van der Waals surface area contributed by atoms with Crippen molar-refractivity contribution in [2.75, 3.05) is 25.7 Å². The molecule has 4 unspecified atom stereocenters. The molecular formula is C26H54Br2O2Si. The second-order valence-corrected chi connectivity index (χ2v) is 20.7. The third kappa shape index (κ3) is 11.9. The molecule has 188 valence electrons. The van der Waals surface area contributed by atoms with Gasteiger partial charge in [-0.1, -0.05) is 115 Å². The second kappa shape index (κ2) is 13.9. The fourth-order valence-electron chi connectivity index (χ4n) is 3.74. The lowest BCUT2D eigenvalue weighted by atomic mass is 9.79. The lowest BCUT2D eigenvalue weighted by molar-refractivity contribution is 0.133. The van der Waals surface area contributed by atoms with Crippen molar-refractivity contribution in [2.45, 2.75) is 117 Å². The monoisotopic (exact) mass is 584 g/mol. The summed E-state index contributed by atoms with van der Waals surface area (Å²) in [5, 5.41) is 0. The van der Waals surface area contributed by atoms with Gasteiger partial charge in [-0.2, -0.15) is 0 Å². The van der Waals surface area contributed by atoms with Crippen LogP contribution in [0.25, 0.3) is 0 Å². The van der Waals surface area contributed by atoms with E-state index in [1.54, 1.807) is 0 Å². The Morgan fingerprint density at radius 3 is 1.13 bits per heavy atom. The SMILES string of the molecule is CC(CC(Br)COC[Si](COCC(Br)CC(C)C(C)(C)C)(C(C)C)C(C)C)C(C)(C)C. The van der Waals surface area contributed by atoms with Gasteiger partial charge >= 0.3 is 0 Å². The first kappa shape index (κ1) is 32.1. The first-order chi connectivity index (χ1) is 13.9. The summed E-state index contributed by atoms with van der Waals surface area (Å²) in [6, 6.07) is 0. The molecule has 0 aliphatic heterocycles. The molecule has 0 N–H and O–H groups in total. The van der Waals surface area contributed by atoms with E-state index in [0.29, 0.717) is 43.4 Å². The lowest BCUT2D eigenvalue weighted by Gasteiger charge is -2.39. The maximum absolute atomic E-state index is 6.39. The third-order valence-electron chi connectivity index (χ3n) is 7.81. The molecule has 5 heteroatoms. The van der Waals surface area contributed by atoms with E-state index in [0.717, 1.165) is 38.5 Å². The van der Waals surface area contributed by atoms with E-state index < -0.39 is 8.07 Å². The van der Waals surface area contributed by atoms with Gasteiger partial charge in [-0.25, -0.2) is 0 Å². The highest BCUT2D eigenvalue weighted by Crippen LogP contribution is 2.35. The van der Waals surface area contributed by atoms with Crippen LogP contribution >= 0.6 is 31.9 Å². The summed E-state index contributed by atoms with van der Waals surface area (Å²) in [4.78, 5) is 0.832. The molecule has 0 heterocycles. The zero-order chi connectivity index (χ0) is 24.6. The predicted octanol–water partition coefficient (Wildman–Crippen LogP) is 9.04. The summed E-state index contributed by atoms with van der Waals surface area (Å²) in [6.45, 7) is 29.7. The molecule has 0 aromatic rings. The van der Waals surface area contributed by atoms with E-state index >= 15 is 0 Å². The summed E-state index contributed by atoms with van der Waals surface area (Å²) in [5.74, 6) is 1.32. The van der Waals surface area contributed by atoms with Gasteiger partial charge in [0, 0.05) is 22.1 Å². The minimum atomic E-state index is -1.72. The molecule has 0 aliphatic rings. The van der Waals surface area contributed by atoms with Crippen LogP contribution < -0.4 is 0 Å². The number of ether oxygens (including phenoxy) is 2. The average molecular weight is 587 g/mol. The van der Waals surface area contributed by atoms with Crippen molar-refractivity contribution in [2.24, 2.45) is 22.7 Å². The summed E-state index contributed by atoms with van der Waals surface area (Å²) in [7, 11) is -1.72. The van der Waals surface area contributed by atoms with Gasteiger partial charge in [-0.3, -0.25) is 0 Å². The highest BCUT2D eigenvalue weighted by atomic mass is 79.9. The van der Waals surface area contributed by atoms with Gasteiger partial charge in [-0.15, -0.1) is 0 Å². The predicted molar refractivity (Wildman–Crippen MR) is 149 cm³/mol. The van der Waals surface area contributed by atoms with Gasteiger partial charge in [0.1, 0.15) is 8.07 Å². The van der Waals surface area contributed by atoms with Crippen LogP contribution in [-0.2, 0) is 9.47 Å². The molecule has 0 bridgehead atoms. The average Bonchev–Trinajstić information content (AvgIpc) is 2.57. The van der Waals surface area contributed by atoms with Gasteiger partial charge < -0.3 is 9.47 Å². The van der Waals surface area contributed by atoms with Crippen LogP contribution in [0.1, 0.15) is 95.9 Å². The minimum absolute atomic E-state index is 0.338. The maximum Gasteiger partial charge on any atom is 0.118 e. The highest BCUT2D eigenvalue weighted by molar-refractivity contribution is 9.09. The van der Waals surface area contributed by atoms with Crippen LogP contribution in [0, 0.1) is 22.7 Å². The largest absolute Gasteiger partial charge is 0.383 e. The molecule has 0 aromatic heterocycles. The Morgan fingerprint density at radius 1 is 0.613 bits per heavy atom. The van der Waals surface area contributed by atoms with Crippen LogP contribution in [0.5, 0.6) is 0 Å². The molecule has 0 saturated carbocycles. The quantitative estimate of drug-likeness (QED) is 0.149. The van der Waals surface area contributed by atoms with Crippen LogP contribution in [0.4, 0.5) is 0 Å². The molecule has 4 atom stereocenters. The molecular weight excluding hydrogens is 532 g/mol. The zero-order valence-electron chi connectivity index (χ0n) is 22.8. The summed E-state index contributed by atoms with van der Waals surface area (Å²) in [5.41, 5.74) is 1.95. The number of rotatable bonds is 14. The fourth-order valence-corrected chi connectivity index (χ4v) is 8.98. The highest BCUT2D eigenvalue weighted by Gasteiger charge is 2.41. The molecule has 0 radical (unpaired) electrons. The number of hydrogen-bond acceptors (Lipinski definition) is 2. The van der Waals surface area contributed by atoms with Crippen molar-refractivity contribution in [1.29, 1.82) is 0 Å². The molecule has 0 fully saturated rings. The van der Waals surface area contributed by atoms with Crippen LogP contribution in [0.3, 0.4) is 0 Å². The molecule has 0 amide bonds. The van der Waals surface area contributed by atoms with E-state index in [4.69, 9.17) is 9.47 Å². The summed E-state index contributed by atoms with van der Waals surface area (Å²) >= 11 is 7.75. The first-order valence-corrected chi connectivity index (χ1v) is 16.8. The number of hydrogen-bond donors (Lipinski definition) is 0. The van der Waals surface area contributed by atoms with Crippen molar-refractivity contribution in [1.82, 2.24) is 0 Å². The van der Waals surface area contributed by atoms with Crippen LogP contribution in [0.2, 0.25) is 11.1 Å². The second-order valence-electron chi connectivity index (χ2n) is 12.8. The Bertz CT molecular complexity index is 439. The first-order valence-electron chi connectivity index (χ1n) is 12.4. The normalized spacial score (nSPS) is 17.8. The molecule has 31 heavy (non-hydrogen) atoms. The van der Waals surface area contributed by atoms with Crippen LogP contribution in [-0.4, -0.2) is 43.4 Å². The molecule has 0 aromatic carbocycles. The Hall–Kier alpha value is 1.10. The molecule has 2 nitrogen and oxygen atoms in total. The summed E-state index contributed by atoms with van der Waals surface area (Å²) in [6.07, 6.45) is 4.07. The van der Waals surface area contributed by atoms with E-state index in [1.807, 2.05) is 0 Å². The molecule has 0 spiro atoms. The van der Waals surface area contributed by atoms with Crippen molar-refractivity contribution >= 4 is 39.9 Å². The van der Waals surface area contributed by atoms with Gasteiger partial charge in [0.05, 0.1) is 13.2 Å². The molecule has 0 rings (SSSR count). The third-order valence-corrected chi connectivity index (χ3v) is 15.2. The molecule has 0 saturated heterocycles. The van der Waals surface area contributed by atoms with Gasteiger partial charge in [0.2, 0.25) is 0 Å². The number of halogens is 2. The van der Waals surface area contributed by atoms with Crippen molar-refractivity contribution in [3.8, 4) is 0 Å². The van der Waals surface area contributed by atoms with E-state index in [2.05, 4.69) is 115 Å². The number of alkyl halides is 2. The van der Waals surface area contributed by atoms with Crippen molar-refractivity contribution in [3.05, 3.63) is 0 Å². The minimum Gasteiger partial charge on any atom is -0.383 e. The Labute approximate surface area is 213 Å². The van der Waals surface area contributed by atoms with E-state index in [9.17, 15) is 0 Å². The van der Waals surface area contributed by atoms with Crippen molar-refractivity contribution in [3.63, 3.8) is 0 Å². The van der Waals surface area contributed by atoms with Gasteiger partial charge in [0.25, 0.3) is 0 Å². The van der Waals surface area contributed by atoms with Crippen LogP contribution in [0.15, 0.2) is 0 Å². The van der Waals surface area contributed by atoms with Crippen molar-refractivity contribution < 1.29 is 9.47 Å². The standard InChI is InChI=1S/C26H54Br2O2Si/c1-19(2)31(20(3)4,17-29-15-23(27)13-21(5)25(7,8)9)18-30-16-24(28)14-22(6)26(10,11)12/h19-24H,13-18H2,1-12H3. The van der Waals surface area contributed by atoms with E-state index in [-0.39, 0.29) is 0 Å². The zero-order valence-corrected chi connectivity index (χ0v) is 27.0. The topological polar surface area (TPSA) is 18.5 Å². The maximum atomic E-state index is 6.39. The fraction of sp³-hybridized carbons (Fsp3) is 1.00. The van der Waals surface area contributed by atoms with Gasteiger partial charge in [0.15, 0.2) is 0 Å². The Kier molecular flexibility index (Phi) is 14.3. The smallest absolute Gasteiger partial charge is 0.118 e. The van der Waals surface area contributed by atoms with E-state index in [1.165, 1.54) is 0 Å².